The lowest BCUT2D eigenvalue weighted by atomic mass is 10.1. The Balaban J connectivity index is 1.43. The first-order valence-corrected chi connectivity index (χ1v) is 9.99. The smallest absolute Gasteiger partial charge is 0.251 e. The molecule has 0 bridgehead atoms. The van der Waals surface area contributed by atoms with E-state index in [0.717, 1.165) is 36.5 Å². The Morgan fingerprint density at radius 2 is 1.93 bits per heavy atom. The number of benzene rings is 2. The van der Waals surface area contributed by atoms with Crippen LogP contribution in [0, 0.1) is 6.92 Å². The summed E-state index contributed by atoms with van der Waals surface area (Å²) < 4.78 is 0. The van der Waals surface area contributed by atoms with E-state index in [0.29, 0.717) is 18.2 Å². The Kier molecular flexibility index (Phi) is 7.06. The third kappa shape index (κ3) is 5.81. The molecule has 1 atom stereocenters. The zero-order valence-electron chi connectivity index (χ0n) is 16.1. The van der Waals surface area contributed by atoms with E-state index in [1.165, 1.54) is 5.56 Å². The summed E-state index contributed by atoms with van der Waals surface area (Å²) in [5.41, 5.74) is 2.80. The van der Waals surface area contributed by atoms with Crippen LogP contribution in [0.15, 0.2) is 48.5 Å². The van der Waals surface area contributed by atoms with E-state index in [9.17, 15) is 9.59 Å². The molecule has 1 fully saturated rings. The van der Waals surface area contributed by atoms with Gasteiger partial charge in [-0.3, -0.25) is 14.5 Å². The van der Waals surface area contributed by atoms with Gasteiger partial charge in [0, 0.05) is 29.7 Å². The molecular weight excluding hydrogens is 374 g/mol. The molecule has 0 saturated carbocycles. The number of nitrogens with zero attached hydrogens (tertiary/aromatic N) is 1. The minimum atomic E-state index is -0.232. The van der Waals surface area contributed by atoms with Crippen LogP contribution in [0.5, 0.6) is 0 Å². The Labute approximate surface area is 171 Å². The van der Waals surface area contributed by atoms with Crippen LogP contribution in [0.3, 0.4) is 0 Å². The molecule has 3 rings (SSSR count). The molecule has 0 aliphatic carbocycles. The Morgan fingerprint density at radius 1 is 1.14 bits per heavy atom. The van der Waals surface area contributed by atoms with Crippen LogP contribution < -0.4 is 10.6 Å². The van der Waals surface area contributed by atoms with Crippen LogP contribution in [0.4, 0.5) is 0 Å². The summed E-state index contributed by atoms with van der Waals surface area (Å²) in [6.07, 6.45) is 2.18. The van der Waals surface area contributed by atoms with E-state index >= 15 is 0 Å². The summed E-state index contributed by atoms with van der Waals surface area (Å²) in [5.74, 6) is -0.400. The molecule has 1 unspecified atom stereocenters. The van der Waals surface area contributed by atoms with Crippen LogP contribution in [0.1, 0.15) is 34.3 Å². The van der Waals surface area contributed by atoms with Crippen LogP contribution in [0.25, 0.3) is 0 Å². The third-order valence-electron chi connectivity index (χ3n) is 5.02. The van der Waals surface area contributed by atoms with Gasteiger partial charge in [-0.05, 0) is 56.1 Å². The second-order valence-electron chi connectivity index (χ2n) is 7.25. The van der Waals surface area contributed by atoms with E-state index in [4.69, 9.17) is 11.6 Å². The fourth-order valence-corrected chi connectivity index (χ4v) is 3.63. The van der Waals surface area contributed by atoms with Crippen molar-refractivity contribution in [2.45, 2.75) is 32.4 Å². The predicted octanol–water partition coefficient (Wildman–Crippen LogP) is 3.16. The molecule has 0 aromatic heterocycles. The van der Waals surface area contributed by atoms with Crippen LogP contribution >= 0.6 is 11.6 Å². The lowest BCUT2D eigenvalue weighted by Crippen LogP contribution is -2.43. The zero-order chi connectivity index (χ0) is 19.9. The minimum Gasteiger partial charge on any atom is -0.353 e. The number of carbonyl (C=O) groups is 2. The van der Waals surface area contributed by atoms with Gasteiger partial charge in [0.1, 0.15) is 0 Å². The summed E-state index contributed by atoms with van der Waals surface area (Å²) in [4.78, 5) is 26.7. The number of rotatable bonds is 7. The Morgan fingerprint density at radius 3 is 2.68 bits per heavy atom. The molecule has 2 N–H and O–H groups in total. The summed E-state index contributed by atoms with van der Waals surface area (Å²) in [7, 11) is 0. The second kappa shape index (κ2) is 9.71. The van der Waals surface area contributed by atoms with Gasteiger partial charge in [0.05, 0.1) is 6.54 Å². The number of amides is 2. The molecule has 2 amide bonds. The van der Waals surface area contributed by atoms with Crippen LogP contribution in [-0.2, 0) is 11.3 Å². The van der Waals surface area contributed by atoms with Crippen molar-refractivity contribution in [3.63, 3.8) is 0 Å². The molecular formula is C22H26ClN3O2. The molecule has 0 spiro atoms. The van der Waals surface area contributed by atoms with Crippen LogP contribution in [-0.4, -0.2) is 42.4 Å². The number of likely N-dealkylation sites (tertiary alicyclic amines) is 1. The molecule has 2 aromatic rings. The van der Waals surface area contributed by atoms with E-state index in [-0.39, 0.29) is 18.4 Å². The van der Waals surface area contributed by atoms with Gasteiger partial charge in [-0.15, -0.1) is 0 Å². The van der Waals surface area contributed by atoms with Gasteiger partial charge in [0.15, 0.2) is 0 Å². The first-order valence-electron chi connectivity index (χ1n) is 9.61. The maximum Gasteiger partial charge on any atom is 0.251 e. The number of carbonyl (C=O) groups excluding carboxylic acids is 2. The number of halogens is 1. The molecule has 148 valence electrons. The molecule has 2 aromatic carbocycles. The van der Waals surface area contributed by atoms with E-state index in [1.807, 2.05) is 43.3 Å². The lowest BCUT2D eigenvalue weighted by molar-refractivity contribution is -0.120. The first-order chi connectivity index (χ1) is 13.5. The van der Waals surface area contributed by atoms with Gasteiger partial charge >= 0.3 is 0 Å². The van der Waals surface area contributed by atoms with Crippen molar-refractivity contribution in [1.82, 2.24) is 15.5 Å². The fraction of sp³-hybridized carbons (Fsp3) is 0.364. The van der Waals surface area contributed by atoms with Gasteiger partial charge in [0.25, 0.3) is 5.91 Å². The molecule has 5 nitrogen and oxygen atoms in total. The number of nitrogens with one attached hydrogen (secondary N) is 2. The van der Waals surface area contributed by atoms with Gasteiger partial charge in [0.2, 0.25) is 5.91 Å². The van der Waals surface area contributed by atoms with Crippen LogP contribution in [0.2, 0.25) is 5.02 Å². The first kappa shape index (κ1) is 20.4. The number of hydrogen-bond donors (Lipinski definition) is 2. The SMILES string of the molecule is Cc1cccc(C(=O)NCC(=O)NCC2CCCN2Cc2ccc(Cl)cc2)c1. The molecule has 0 radical (unpaired) electrons. The Bertz CT molecular complexity index is 823. The van der Waals surface area contributed by atoms with Gasteiger partial charge in [-0.1, -0.05) is 41.4 Å². The van der Waals surface area contributed by atoms with E-state index in [2.05, 4.69) is 15.5 Å². The minimum absolute atomic E-state index is 0.0172. The number of hydrogen-bond acceptors (Lipinski definition) is 3. The third-order valence-corrected chi connectivity index (χ3v) is 5.27. The highest BCUT2D eigenvalue weighted by atomic mass is 35.5. The molecule has 1 aliphatic rings. The lowest BCUT2D eigenvalue weighted by Gasteiger charge is -2.24. The van der Waals surface area contributed by atoms with Crippen molar-refractivity contribution in [1.29, 1.82) is 0 Å². The maximum atomic E-state index is 12.1. The zero-order valence-corrected chi connectivity index (χ0v) is 16.8. The standard InChI is InChI=1S/C22H26ClN3O2/c1-16-4-2-5-18(12-16)22(28)25-14-21(27)24-13-20-6-3-11-26(20)15-17-7-9-19(23)10-8-17/h2,4-5,7-10,12,20H,3,6,11,13-15H2,1H3,(H,24,27)(H,25,28). The number of aryl methyl sites for hydroxylation is 1. The summed E-state index contributed by atoms with van der Waals surface area (Å²) in [6, 6.07) is 15.5. The monoisotopic (exact) mass is 399 g/mol. The molecule has 1 heterocycles. The van der Waals surface area contributed by atoms with Crippen molar-refractivity contribution < 1.29 is 9.59 Å². The Hall–Kier alpha value is -2.37. The van der Waals surface area contributed by atoms with Crippen molar-refractivity contribution in [3.05, 3.63) is 70.2 Å². The normalized spacial score (nSPS) is 16.7. The van der Waals surface area contributed by atoms with Gasteiger partial charge < -0.3 is 10.6 Å². The predicted molar refractivity (Wildman–Crippen MR) is 111 cm³/mol. The maximum absolute atomic E-state index is 12.1. The molecule has 1 aliphatic heterocycles. The summed E-state index contributed by atoms with van der Waals surface area (Å²) >= 11 is 5.95. The van der Waals surface area contributed by atoms with E-state index < -0.39 is 0 Å². The molecule has 6 heteroatoms. The average Bonchev–Trinajstić information content (AvgIpc) is 3.13. The van der Waals surface area contributed by atoms with Gasteiger partial charge in [-0.2, -0.15) is 0 Å². The van der Waals surface area contributed by atoms with Crippen molar-refractivity contribution in [3.8, 4) is 0 Å². The fourth-order valence-electron chi connectivity index (χ4n) is 3.50. The highest BCUT2D eigenvalue weighted by molar-refractivity contribution is 6.30. The highest BCUT2D eigenvalue weighted by Crippen LogP contribution is 2.20. The second-order valence-corrected chi connectivity index (χ2v) is 7.69. The highest BCUT2D eigenvalue weighted by Gasteiger charge is 2.24. The topological polar surface area (TPSA) is 61.4 Å². The molecule has 1 saturated heterocycles. The summed E-state index contributed by atoms with van der Waals surface area (Å²) in [5, 5.41) is 6.37. The van der Waals surface area contributed by atoms with Gasteiger partial charge in [-0.25, -0.2) is 0 Å². The average molecular weight is 400 g/mol. The van der Waals surface area contributed by atoms with E-state index in [1.54, 1.807) is 12.1 Å². The summed E-state index contributed by atoms with van der Waals surface area (Å²) in [6.45, 7) is 4.37. The quantitative estimate of drug-likeness (QED) is 0.751. The molecule has 28 heavy (non-hydrogen) atoms. The van der Waals surface area contributed by atoms with Crippen molar-refractivity contribution >= 4 is 23.4 Å². The largest absolute Gasteiger partial charge is 0.353 e. The van der Waals surface area contributed by atoms with Crippen molar-refractivity contribution in [2.24, 2.45) is 0 Å². The van der Waals surface area contributed by atoms with Crippen molar-refractivity contribution in [2.75, 3.05) is 19.6 Å².